The summed E-state index contributed by atoms with van der Waals surface area (Å²) in [6.07, 6.45) is 0. The van der Waals surface area contributed by atoms with Crippen LogP contribution in [0.25, 0.3) is 0 Å². The zero-order chi connectivity index (χ0) is 15.3. The number of ether oxygens (including phenoxy) is 2. The second-order valence-corrected chi connectivity index (χ2v) is 6.30. The Morgan fingerprint density at radius 2 is 1.75 bits per heavy atom. The van der Waals surface area contributed by atoms with Gasteiger partial charge in [0.15, 0.2) is 0 Å². The average Bonchev–Trinajstić information content (AvgIpc) is 2.34. The van der Waals surface area contributed by atoms with Crippen LogP contribution in [0.5, 0.6) is 0 Å². The van der Waals surface area contributed by atoms with Crippen molar-refractivity contribution in [1.29, 1.82) is 0 Å². The zero-order valence-electron chi connectivity index (χ0n) is 13.1. The second kappa shape index (κ2) is 6.92. The van der Waals surface area contributed by atoms with Gasteiger partial charge in [-0.2, -0.15) is 0 Å². The average molecular weight is 286 g/mol. The minimum absolute atomic E-state index is 0.0326. The Morgan fingerprint density at radius 1 is 1.20 bits per heavy atom. The van der Waals surface area contributed by atoms with Crippen LogP contribution in [0.4, 0.5) is 4.79 Å². The van der Waals surface area contributed by atoms with E-state index in [-0.39, 0.29) is 11.9 Å². The van der Waals surface area contributed by atoms with E-state index in [1.54, 1.807) is 4.90 Å². The molecule has 0 bridgehead atoms. The van der Waals surface area contributed by atoms with E-state index < -0.39 is 17.6 Å². The van der Waals surface area contributed by atoms with Crippen LogP contribution in [0.15, 0.2) is 0 Å². The summed E-state index contributed by atoms with van der Waals surface area (Å²) in [5.41, 5.74) is -0.562. The minimum Gasteiger partial charge on any atom is -0.458 e. The van der Waals surface area contributed by atoms with Crippen LogP contribution in [0.1, 0.15) is 34.6 Å². The second-order valence-electron chi connectivity index (χ2n) is 6.30. The van der Waals surface area contributed by atoms with Crippen LogP contribution in [0.2, 0.25) is 0 Å². The number of nitrogens with zero attached hydrogens (tertiary/aromatic N) is 1. The molecular weight excluding hydrogens is 260 g/mol. The molecule has 0 aliphatic carbocycles. The van der Waals surface area contributed by atoms with E-state index in [1.807, 2.05) is 34.6 Å². The van der Waals surface area contributed by atoms with Gasteiger partial charge >= 0.3 is 12.0 Å². The predicted octanol–water partition coefficient (Wildman–Crippen LogP) is 1.39. The highest BCUT2D eigenvalue weighted by Crippen LogP contribution is 2.13. The van der Waals surface area contributed by atoms with Gasteiger partial charge in [0.25, 0.3) is 0 Å². The van der Waals surface area contributed by atoms with Gasteiger partial charge in [0, 0.05) is 13.1 Å². The van der Waals surface area contributed by atoms with Crippen molar-refractivity contribution in [3.05, 3.63) is 0 Å². The summed E-state index contributed by atoms with van der Waals surface area (Å²) in [4.78, 5) is 25.9. The number of carbonyl (C=O) groups is 2. The molecular formula is C14H26N2O4. The number of nitrogens with one attached hydrogen (secondary N) is 1. The van der Waals surface area contributed by atoms with Crippen molar-refractivity contribution < 1.29 is 19.1 Å². The monoisotopic (exact) mass is 286 g/mol. The topological polar surface area (TPSA) is 67.9 Å². The van der Waals surface area contributed by atoms with Gasteiger partial charge in [-0.15, -0.1) is 0 Å². The molecule has 1 saturated heterocycles. The van der Waals surface area contributed by atoms with Gasteiger partial charge in [-0.1, -0.05) is 13.8 Å². The molecule has 6 nitrogen and oxygen atoms in total. The molecule has 20 heavy (non-hydrogen) atoms. The van der Waals surface area contributed by atoms with Crippen molar-refractivity contribution in [1.82, 2.24) is 10.2 Å². The number of esters is 1. The molecule has 0 spiro atoms. The van der Waals surface area contributed by atoms with Crippen LogP contribution < -0.4 is 5.32 Å². The molecule has 1 rings (SSSR count). The molecule has 116 valence electrons. The fraction of sp³-hybridized carbons (Fsp3) is 0.857. The third-order valence-electron chi connectivity index (χ3n) is 2.90. The molecule has 0 aromatic carbocycles. The van der Waals surface area contributed by atoms with Crippen LogP contribution in [0.3, 0.4) is 0 Å². The van der Waals surface area contributed by atoms with Gasteiger partial charge in [0.1, 0.15) is 11.6 Å². The number of hydrogen-bond acceptors (Lipinski definition) is 4. The molecule has 1 aliphatic heterocycles. The molecule has 1 fully saturated rings. The predicted molar refractivity (Wildman–Crippen MR) is 75.4 cm³/mol. The van der Waals surface area contributed by atoms with Crippen molar-refractivity contribution in [2.75, 3.05) is 26.3 Å². The van der Waals surface area contributed by atoms with Crippen molar-refractivity contribution in [2.24, 2.45) is 5.92 Å². The third kappa shape index (κ3) is 5.36. The quantitative estimate of drug-likeness (QED) is 0.796. The molecule has 2 amide bonds. The highest BCUT2D eigenvalue weighted by Gasteiger charge is 2.30. The maximum absolute atomic E-state index is 12.1. The molecule has 0 aromatic heterocycles. The highest BCUT2D eigenvalue weighted by atomic mass is 16.6. The number of urea groups is 1. The van der Waals surface area contributed by atoms with Crippen LogP contribution in [-0.4, -0.2) is 54.8 Å². The summed E-state index contributed by atoms with van der Waals surface area (Å²) in [5.74, 6) is -0.427. The number of amides is 2. The molecule has 1 aliphatic rings. The van der Waals surface area contributed by atoms with Gasteiger partial charge in [-0.05, 0) is 26.7 Å². The molecule has 0 radical (unpaired) electrons. The third-order valence-corrected chi connectivity index (χ3v) is 2.90. The fourth-order valence-corrected chi connectivity index (χ4v) is 1.85. The first kappa shape index (κ1) is 16.8. The van der Waals surface area contributed by atoms with Crippen molar-refractivity contribution in [2.45, 2.75) is 46.3 Å². The maximum Gasteiger partial charge on any atom is 0.329 e. The first-order valence-electron chi connectivity index (χ1n) is 7.07. The number of rotatable bonds is 3. The van der Waals surface area contributed by atoms with E-state index in [2.05, 4.69) is 5.32 Å². The molecule has 1 N–H and O–H groups in total. The molecule has 0 saturated carbocycles. The smallest absolute Gasteiger partial charge is 0.329 e. The largest absolute Gasteiger partial charge is 0.458 e. The van der Waals surface area contributed by atoms with Crippen molar-refractivity contribution >= 4 is 12.0 Å². The van der Waals surface area contributed by atoms with Crippen LogP contribution in [-0.2, 0) is 14.3 Å². The van der Waals surface area contributed by atoms with Crippen molar-refractivity contribution in [3.63, 3.8) is 0 Å². The summed E-state index contributed by atoms with van der Waals surface area (Å²) < 4.78 is 10.6. The van der Waals surface area contributed by atoms with Gasteiger partial charge in [0.05, 0.1) is 13.2 Å². The SMILES string of the molecule is CC(C)[C@H](NC(=O)N1CCOCC1)C(=O)OC(C)(C)C. The maximum atomic E-state index is 12.1. The Bertz CT molecular complexity index is 344. The molecule has 6 heteroatoms. The Labute approximate surface area is 120 Å². The number of carbonyl (C=O) groups excluding carboxylic acids is 2. The van der Waals surface area contributed by atoms with E-state index in [0.29, 0.717) is 26.3 Å². The van der Waals surface area contributed by atoms with E-state index in [0.717, 1.165) is 0 Å². The zero-order valence-corrected chi connectivity index (χ0v) is 13.1. The highest BCUT2D eigenvalue weighted by molar-refractivity contribution is 5.84. The lowest BCUT2D eigenvalue weighted by molar-refractivity contribution is -0.158. The fourth-order valence-electron chi connectivity index (χ4n) is 1.85. The standard InChI is InChI=1S/C14H26N2O4/c1-10(2)11(12(17)20-14(3,4)5)15-13(18)16-6-8-19-9-7-16/h10-11H,6-9H2,1-5H3,(H,15,18)/t11-/m0/s1. The normalized spacial score (nSPS) is 17.8. The van der Waals surface area contributed by atoms with E-state index in [9.17, 15) is 9.59 Å². The summed E-state index contributed by atoms with van der Waals surface area (Å²) in [6.45, 7) is 11.4. The lowest BCUT2D eigenvalue weighted by Gasteiger charge is -2.31. The Balaban J connectivity index is 2.62. The summed E-state index contributed by atoms with van der Waals surface area (Å²) in [5, 5.41) is 2.77. The number of hydrogen-bond donors (Lipinski definition) is 1. The molecule has 1 heterocycles. The van der Waals surface area contributed by atoms with E-state index in [4.69, 9.17) is 9.47 Å². The van der Waals surface area contributed by atoms with Crippen LogP contribution in [0, 0.1) is 5.92 Å². The van der Waals surface area contributed by atoms with Gasteiger partial charge in [0.2, 0.25) is 0 Å². The number of morpholine rings is 1. The summed E-state index contributed by atoms with van der Waals surface area (Å²) in [7, 11) is 0. The van der Waals surface area contributed by atoms with Gasteiger partial charge < -0.3 is 19.7 Å². The Hall–Kier alpha value is -1.30. The van der Waals surface area contributed by atoms with E-state index >= 15 is 0 Å². The summed E-state index contributed by atoms with van der Waals surface area (Å²) >= 11 is 0. The lowest BCUT2D eigenvalue weighted by Crippen LogP contribution is -2.53. The van der Waals surface area contributed by atoms with Gasteiger partial charge in [-0.25, -0.2) is 9.59 Å². The van der Waals surface area contributed by atoms with E-state index in [1.165, 1.54) is 0 Å². The summed E-state index contributed by atoms with van der Waals surface area (Å²) in [6, 6.07) is -0.873. The first-order chi connectivity index (χ1) is 9.20. The van der Waals surface area contributed by atoms with Gasteiger partial charge in [-0.3, -0.25) is 0 Å². The minimum atomic E-state index is -0.635. The lowest BCUT2D eigenvalue weighted by atomic mass is 10.0. The Kier molecular flexibility index (Phi) is 5.80. The van der Waals surface area contributed by atoms with Crippen molar-refractivity contribution in [3.8, 4) is 0 Å². The first-order valence-corrected chi connectivity index (χ1v) is 7.07. The molecule has 0 aromatic rings. The Morgan fingerprint density at radius 3 is 2.20 bits per heavy atom. The molecule has 0 unspecified atom stereocenters. The molecule has 1 atom stereocenters. The van der Waals surface area contributed by atoms with Crippen LogP contribution >= 0.6 is 0 Å².